The molecule has 2 N–H and O–H groups in total. The second-order valence-electron chi connectivity index (χ2n) is 2.98. The van der Waals surface area contributed by atoms with E-state index < -0.39 is 0 Å². The van der Waals surface area contributed by atoms with Crippen LogP contribution in [-0.2, 0) is 0 Å². The van der Waals surface area contributed by atoms with Gasteiger partial charge in [0, 0.05) is 5.70 Å². The summed E-state index contributed by atoms with van der Waals surface area (Å²) >= 11 is 0. The van der Waals surface area contributed by atoms with Crippen molar-refractivity contribution in [1.82, 2.24) is 0 Å². The summed E-state index contributed by atoms with van der Waals surface area (Å²) in [5.41, 5.74) is 7.72. The fourth-order valence-electron chi connectivity index (χ4n) is 0.753. The van der Waals surface area contributed by atoms with Crippen LogP contribution in [0.1, 0.15) is 20.8 Å². The highest BCUT2D eigenvalue weighted by Gasteiger charge is 1.90. The van der Waals surface area contributed by atoms with Gasteiger partial charge in [-0.2, -0.15) is 0 Å². The molecule has 1 unspecified atom stereocenters. The van der Waals surface area contributed by atoms with E-state index in [-0.39, 0.29) is 0 Å². The lowest BCUT2D eigenvalue weighted by molar-refractivity contribution is 0.930. The average Bonchev–Trinajstić information content (AvgIpc) is 1.85. The molecule has 1 nitrogen and oxygen atoms in total. The summed E-state index contributed by atoms with van der Waals surface area (Å²) in [4.78, 5) is 0. The maximum atomic E-state index is 5.69. The molecule has 62 valence electrons. The molecule has 1 heteroatoms. The molecule has 0 spiro atoms. The van der Waals surface area contributed by atoms with Crippen molar-refractivity contribution in [3.05, 3.63) is 36.1 Å². The molecule has 0 rings (SSSR count). The minimum Gasteiger partial charge on any atom is -0.399 e. The summed E-state index contributed by atoms with van der Waals surface area (Å²) in [6.07, 6.45) is 5.81. The first-order chi connectivity index (χ1) is 5.06. The number of hydrogen-bond acceptors (Lipinski definition) is 1. The molecule has 0 saturated heterocycles. The molecule has 1 atom stereocenters. The average molecular weight is 151 g/mol. The predicted octanol–water partition coefficient (Wildman–Crippen LogP) is 2.62. The molecule has 0 fully saturated rings. The summed E-state index contributed by atoms with van der Waals surface area (Å²) in [5.74, 6) is 0.352. The van der Waals surface area contributed by atoms with E-state index in [4.69, 9.17) is 5.73 Å². The van der Waals surface area contributed by atoms with Gasteiger partial charge in [-0.25, -0.2) is 0 Å². The van der Waals surface area contributed by atoms with E-state index in [1.807, 2.05) is 32.1 Å². The molecule has 0 aromatic heterocycles. The van der Waals surface area contributed by atoms with Gasteiger partial charge < -0.3 is 5.73 Å². The van der Waals surface area contributed by atoms with Crippen LogP contribution in [0.25, 0.3) is 0 Å². The van der Waals surface area contributed by atoms with Crippen molar-refractivity contribution in [1.29, 1.82) is 0 Å². The van der Waals surface area contributed by atoms with Crippen molar-refractivity contribution in [2.75, 3.05) is 0 Å². The topological polar surface area (TPSA) is 26.0 Å². The Bertz CT molecular complexity index is 183. The zero-order valence-electron chi connectivity index (χ0n) is 7.59. The van der Waals surface area contributed by atoms with Crippen molar-refractivity contribution < 1.29 is 0 Å². The van der Waals surface area contributed by atoms with Crippen LogP contribution in [0.15, 0.2) is 36.1 Å². The van der Waals surface area contributed by atoms with Crippen LogP contribution < -0.4 is 5.73 Å². The molecule has 0 aliphatic carbocycles. The Morgan fingerprint density at radius 3 is 2.36 bits per heavy atom. The van der Waals surface area contributed by atoms with Crippen molar-refractivity contribution in [3.63, 3.8) is 0 Å². The molecule has 0 heterocycles. The highest BCUT2D eigenvalue weighted by molar-refractivity contribution is 5.20. The van der Waals surface area contributed by atoms with Gasteiger partial charge in [-0.1, -0.05) is 24.6 Å². The van der Waals surface area contributed by atoms with Crippen LogP contribution >= 0.6 is 0 Å². The lowest BCUT2D eigenvalue weighted by Crippen LogP contribution is -1.96. The molecule has 0 radical (unpaired) electrons. The lowest BCUT2D eigenvalue weighted by atomic mass is 10.1. The summed E-state index contributed by atoms with van der Waals surface area (Å²) in [5, 5.41) is 0. The SMILES string of the molecule is C=CC(C)/C=C(/N)C=C(C)C. The van der Waals surface area contributed by atoms with E-state index in [1.54, 1.807) is 0 Å². The van der Waals surface area contributed by atoms with Crippen molar-refractivity contribution in [3.8, 4) is 0 Å². The molecule has 0 aromatic carbocycles. The predicted molar refractivity (Wildman–Crippen MR) is 51.1 cm³/mol. The first-order valence-electron chi connectivity index (χ1n) is 3.81. The molecule has 0 amide bonds. The second kappa shape index (κ2) is 4.78. The van der Waals surface area contributed by atoms with E-state index in [9.17, 15) is 0 Å². The summed E-state index contributed by atoms with van der Waals surface area (Å²) in [6, 6.07) is 0. The molecular weight excluding hydrogens is 134 g/mol. The van der Waals surface area contributed by atoms with Crippen LogP contribution in [0.4, 0.5) is 0 Å². The maximum absolute atomic E-state index is 5.69. The molecule has 0 saturated carbocycles. The normalized spacial score (nSPS) is 13.9. The standard InChI is InChI=1S/C10H17N/c1-5-9(4)7-10(11)6-8(2)3/h5-7,9H,1,11H2,2-4H3/b10-7+. The van der Waals surface area contributed by atoms with Crippen LogP contribution in [-0.4, -0.2) is 0 Å². The van der Waals surface area contributed by atoms with E-state index >= 15 is 0 Å². The smallest absolute Gasteiger partial charge is 0.0278 e. The molecule has 0 aliphatic heterocycles. The van der Waals surface area contributed by atoms with Crippen LogP contribution in [0, 0.1) is 5.92 Å². The van der Waals surface area contributed by atoms with Crippen molar-refractivity contribution >= 4 is 0 Å². The Kier molecular flexibility index (Phi) is 4.35. The van der Waals surface area contributed by atoms with Gasteiger partial charge >= 0.3 is 0 Å². The minimum absolute atomic E-state index is 0.352. The van der Waals surface area contributed by atoms with Gasteiger partial charge in [0.15, 0.2) is 0 Å². The van der Waals surface area contributed by atoms with Crippen LogP contribution in [0.2, 0.25) is 0 Å². The molecule has 0 bridgehead atoms. The van der Waals surface area contributed by atoms with Crippen molar-refractivity contribution in [2.24, 2.45) is 11.7 Å². The monoisotopic (exact) mass is 151 g/mol. The van der Waals surface area contributed by atoms with E-state index in [0.29, 0.717) is 5.92 Å². The zero-order chi connectivity index (χ0) is 8.85. The second-order valence-corrected chi connectivity index (χ2v) is 2.98. The Morgan fingerprint density at radius 1 is 1.45 bits per heavy atom. The minimum atomic E-state index is 0.352. The molecular formula is C10H17N. The van der Waals surface area contributed by atoms with E-state index in [1.165, 1.54) is 5.57 Å². The Hall–Kier alpha value is -0.980. The van der Waals surface area contributed by atoms with E-state index in [0.717, 1.165) is 5.70 Å². The van der Waals surface area contributed by atoms with Gasteiger partial charge in [0.2, 0.25) is 0 Å². The fraction of sp³-hybridized carbons (Fsp3) is 0.400. The highest BCUT2D eigenvalue weighted by atomic mass is 14.6. The Labute approximate surface area is 69.3 Å². The summed E-state index contributed by atoms with van der Waals surface area (Å²) in [6.45, 7) is 9.78. The van der Waals surface area contributed by atoms with Gasteiger partial charge in [-0.15, -0.1) is 6.58 Å². The third-order valence-corrected chi connectivity index (χ3v) is 1.28. The van der Waals surface area contributed by atoms with Gasteiger partial charge in [-0.3, -0.25) is 0 Å². The number of allylic oxidation sites excluding steroid dienone is 4. The fourth-order valence-corrected chi connectivity index (χ4v) is 0.753. The van der Waals surface area contributed by atoms with Crippen LogP contribution in [0.5, 0.6) is 0 Å². The third-order valence-electron chi connectivity index (χ3n) is 1.28. The van der Waals surface area contributed by atoms with Gasteiger partial charge in [-0.05, 0) is 25.8 Å². The highest BCUT2D eigenvalue weighted by Crippen LogP contribution is 2.02. The van der Waals surface area contributed by atoms with Gasteiger partial charge in [0.1, 0.15) is 0 Å². The lowest BCUT2D eigenvalue weighted by Gasteiger charge is -1.99. The summed E-state index contributed by atoms with van der Waals surface area (Å²) < 4.78 is 0. The van der Waals surface area contributed by atoms with Crippen LogP contribution in [0.3, 0.4) is 0 Å². The maximum Gasteiger partial charge on any atom is 0.0278 e. The Morgan fingerprint density at radius 2 is 2.00 bits per heavy atom. The van der Waals surface area contributed by atoms with Gasteiger partial charge in [0.05, 0.1) is 0 Å². The third kappa shape index (κ3) is 5.46. The first kappa shape index (κ1) is 10.0. The summed E-state index contributed by atoms with van der Waals surface area (Å²) in [7, 11) is 0. The first-order valence-corrected chi connectivity index (χ1v) is 3.81. The Balaban J connectivity index is 4.22. The number of hydrogen-bond donors (Lipinski definition) is 1. The molecule has 0 aliphatic rings. The largest absolute Gasteiger partial charge is 0.399 e. The zero-order valence-corrected chi connectivity index (χ0v) is 7.59. The number of nitrogens with two attached hydrogens (primary N) is 1. The molecule has 0 aromatic rings. The van der Waals surface area contributed by atoms with Crippen molar-refractivity contribution in [2.45, 2.75) is 20.8 Å². The van der Waals surface area contributed by atoms with Gasteiger partial charge in [0.25, 0.3) is 0 Å². The number of rotatable bonds is 3. The molecule has 11 heavy (non-hydrogen) atoms. The quantitative estimate of drug-likeness (QED) is 0.487. The van der Waals surface area contributed by atoms with E-state index in [2.05, 4.69) is 13.5 Å².